The number of hydrogen-bond donors (Lipinski definition) is 2. The molecule has 1 saturated heterocycles. The van der Waals surface area contributed by atoms with Crippen LogP contribution in [0.25, 0.3) is 0 Å². The predicted octanol–water partition coefficient (Wildman–Crippen LogP) is 0.661. The lowest BCUT2D eigenvalue weighted by atomic mass is 9.96. The normalized spacial score (nSPS) is 17.4. The first kappa shape index (κ1) is 17.8. The highest BCUT2D eigenvalue weighted by atomic mass is 19.1. The number of carbonyl (C=O) groups excluding carboxylic acids is 2. The van der Waals surface area contributed by atoms with Gasteiger partial charge in [0.2, 0.25) is 5.91 Å². The number of halogens is 1. The molecule has 0 saturated carbocycles. The summed E-state index contributed by atoms with van der Waals surface area (Å²) < 4.78 is 14.0. The van der Waals surface area contributed by atoms with Crippen LogP contribution in [0.3, 0.4) is 0 Å². The Balaban J connectivity index is 2.09. The third-order valence-electron chi connectivity index (χ3n) is 3.92. The van der Waals surface area contributed by atoms with E-state index in [-0.39, 0.29) is 23.9 Å². The molecular formula is C15H19FN4O4. The van der Waals surface area contributed by atoms with Gasteiger partial charge in [0.05, 0.1) is 22.5 Å². The Morgan fingerprint density at radius 2 is 2.21 bits per heavy atom. The molecule has 8 nitrogen and oxygen atoms in total. The lowest BCUT2D eigenvalue weighted by molar-refractivity contribution is -0.385. The largest absolute Gasteiger partial charge is 0.355 e. The number of nitrogens with two attached hydrogens (primary N) is 1. The summed E-state index contributed by atoms with van der Waals surface area (Å²) >= 11 is 0. The van der Waals surface area contributed by atoms with E-state index in [4.69, 9.17) is 5.73 Å². The van der Waals surface area contributed by atoms with Crippen molar-refractivity contribution in [1.82, 2.24) is 10.2 Å². The number of non-ortho nitro benzene ring substituents is 1. The molecule has 2 amide bonds. The molecule has 1 aromatic carbocycles. The van der Waals surface area contributed by atoms with Crippen molar-refractivity contribution in [2.24, 2.45) is 11.7 Å². The fourth-order valence-corrected chi connectivity index (χ4v) is 2.68. The summed E-state index contributed by atoms with van der Waals surface area (Å²) in [6.45, 7) is 1.29. The average Bonchev–Trinajstić information content (AvgIpc) is 2.59. The van der Waals surface area contributed by atoms with Crippen molar-refractivity contribution in [3.05, 3.63) is 39.7 Å². The van der Waals surface area contributed by atoms with E-state index in [0.29, 0.717) is 32.5 Å². The summed E-state index contributed by atoms with van der Waals surface area (Å²) in [6.07, 6.45) is 1.27. The molecule has 1 aromatic rings. The van der Waals surface area contributed by atoms with Gasteiger partial charge in [0, 0.05) is 32.2 Å². The second-order valence-electron chi connectivity index (χ2n) is 5.59. The van der Waals surface area contributed by atoms with Crippen LogP contribution in [0, 0.1) is 21.8 Å². The summed E-state index contributed by atoms with van der Waals surface area (Å²) in [5, 5.41) is 13.3. The maximum Gasteiger partial charge on any atom is 0.272 e. The topological polar surface area (TPSA) is 119 Å². The van der Waals surface area contributed by atoms with Crippen molar-refractivity contribution >= 4 is 17.5 Å². The Kier molecular flexibility index (Phi) is 5.80. The number of hydrogen-bond acceptors (Lipinski definition) is 5. The zero-order valence-electron chi connectivity index (χ0n) is 13.0. The molecule has 0 aromatic heterocycles. The molecule has 0 radical (unpaired) electrons. The predicted molar refractivity (Wildman–Crippen MR) is 83.7 cm³/mol. The number of benzene rings is 1. The molecule has 24 heavy (non-hydrogen) atoms. The second kappa shape index (κ2) is 7.82. The lowest BCUT2D eigenvalue weighted by Crippen LogP contribution is -2.46. The molecule has 3 N–H and O–H groups in total. The minimum Gasteiger partial charge on any atom is -0.355 e. The van der Waals surface area contributed by atoms with Crippen LogP contribution in [-0.2, 0) is 4.79 Å². The number of rotatable bonds is 5. The van der Waals surface area contributed by atoms with Crippen molar-refractivity contribution in [1.29, 1.82) is 0 Å². The van der Waals surface area contributed by atoms with Gasteiger partial charge in [-0.3, -0.25) is 19.7 Å². The van der Waals surface area contributed by atoms with Crippen LogP contribution in [0.4, 0.5) is 10.1 Å². The van der Waals surface area contributed by atoms with Gasteiger partial charge < -0.3 is 16.0 Å². The summed E-state index contributed by atoms with van der Waals surface area (Å²) in [4.78, 5) is 35.8. The smallest absolute Gasteiger partial charge is 0.272 e. The molecule has 9 heteroatoms. The van der Waals surface area contributed by atoms with E-state index in [1.807, 2.05) is 0 Å². The van der Waals surface area contributed by atoms with Crippen molar-refractivity contribution < 1.29 is 18.9 Å². The molecule has 1 fully saturated rings. The summed E-state index contributed by atoms with van der Waals surface area (Å²) in [7, 11) is 0. The maximum absolute atomic E-state index is 14.0. The second-order valence-corrected chi connectivity index (χ2v) is 5.59. The van der Waals surface area contributed by atoms with Crippen LogP contribution < -0.4 is 11.1 Å². The van der Waals surface area contributed by atoms with Crippen molar-refractivity contribution in [3.63, 3.8) is 0 Å². The number of nitro benzene ring substituents is 1. The molecule has 1 aliphatic heterocycles. The number of nitro groups is 1. The molecule has 1 unspecified atom stereocenters. The van der Waals surface area contributed by atoms with Crippen LogP contribution >= 0.6 is 0 Å². The van der Waals surface area contributed by atoms with Gasteiger partial charge in [-0.05, 0) is 18.9 Å². The van der Waals surface area contributed by atoms with Gasteiger partial charge >= 0.3 is 0 Å². The first-order chi connectivity index (χ1) is 11.4. The van der Waals surface area contributed by atoms with Gasteiger partial charge in [-0.25, -0.2) is 4.39 Å². The van der Waals surface area contributed by atoms with Crippen LogP contribution in [0.15, 0.2) is 18.2 Å². The number of piperidine rings is 1. The summed E-state index contributed by atoms with van der Waals surface area (Å²) in [5.74, 6) is -2.06. The van der Waals surface area contributed by atoms with Gasteiger partial charge in [0.25, 0.3) is 11.6 Å². The molecule has 0 spiro atoms. The van der Waals surface area contributed by atoms with Crippen molar-refractivity contribution in [2.75, 3.05) is 26.2 Å². The Morgan fingerprint density at radius 1 is 1.46 bits per heavy atom. The molecule has 1 atom stereocenters. The van der Waals surface area contributed by atoms with E-state index in [0.717, 1.165) is 18.2 Å². The highest BCUT2D eigenvalue weighted by Crippen LogP contribution is 2.22. The van der Waals surface area contributed by atoms with Crippen molar-refractivity contribution in [2.45, 2.75) is 12.8 Å². The number of nitrogens with zero attached hydrogens (tertiary/aromatic N) is 2. The molecule has 0 aliphatic carbocycles. The van der Waals surface area contributed by atoms with E-state index >= 15 is 0 Å². The zero-order chi connectivity index (χ0) is 17.7. The number of likely N-dealkylation sites (tertiary alicyclic amines) is 1. The Bertz CT molecular complexity index is 652. The number of amides is 2. The monoisotopic (exact) mass is 338 g/mol. The molecular weight excluding hydrogens is 319 g/mol. The average molecular weight is 338 g/mol. The standard InChI is InChI=1S/C15H19FN4O4/c16-13-8-11(20(23)24)3-4-12(13)15(22)19-7-1-2-10(9-19)14(21)18-6-5-17/h3-4,8,10H,1-2,5-7,9,17H2,(H,18,21). The van der Waals surface area contributed by atoms with E-state index in [1.54, 1.807) is 0 Å². The minimum absolute atomic E-state index is 0.179. The van der Waals surface area contributed by atoms with Crippen molar-refractivity contribution in [3.8, 4) is 0 Å². The van der Waals surface area contributed by atoms with E-state index in [9.17, 15) is 24.1 Å². The minimum atomic E-state index is -0.941. The quantitative estimate of drug-likeness (QED) is 0.604. The third-order valence-corrected chi connectivity index (χ3v) is 3.92. The van der Waals surface area contributed by atoms with Crippen LogP contribution in [-0.4, -0.2) is 47.8 Å². The summed E-state index contributed by atoms with van der Waals surface area (Å²) in [6, 6.07) is 2.92. The fraction of sp³-hybridized carbons (Fsp3) is 0.467. The molecule has 130 valence electrons. The van der Waals surface area contributed by atoms with Gasteiger partial charge in [0.15, 0.2) is 0 Å². The van der Waals surface area contributed by atoms with E-state index in [2.05, 4.69) is 5.32 Å². The first-order valence-corrected chi connectivity index (χ1v) is 7.65. The zero-order valence-corrected chi connectivity index (χ0v) is 13.0. The highest BCUT2D eigenvalue weighted by Gasteiger charge is 2.30. The molecule has 1 aliphatic rings. The molecule has 0 bridgehead atoms. The third kappa shape index (κ3) is 4.05. The van der Waals surface area contributed by atoms with Crippen LogP contribution in [0.2, 0.25) is 0 Å². The van der Waals surface area contributed by atoms with E-state index < -0.39 is 22.3 Å². The van der Waals surface area contributed by atoms with Gasteiger partial charge in [-0.2, -0.15) is 0 Å². The van der Waals surface area contributed by atoms with E-state index in [1.165, 1.54) is 4.90 Å². The Morgan fingerprint density at radius 3 is 2.83 bits per heavy atom. The SMILES string of the molecule is NCCNC(=O)C1CCCN(C(=O)c2ccc([N+](=O)[O-])cc2F)C1. The highest BCUT2D eigenvalue weighted by molar-refractivity contribution is 5.95. The molecule has 2 rings (SSSR count). The maximum atomic E-state index is 14.0. The summed E-state index contributed by atoms with van der Waals surface area (Å²) in [5.41, 5.74) is 4.69. The van der Waals surface area contributed by atoms with Gasteiger partial charge in [-0.15, -0.1) is 0 Å². The van der Waals surface area contributed by atoms with Gasteiger partial charge in [-0.1, -0.05) is 0 Å². The Labute approximate surface area is 138 Å². The van der Waals surface area contributed by atoms with Crippen LogP contribution in [0.1, 0.15) is 23.2 Å². The molecule has 1 heterocycles. The number of carbonyl (C=O) groups is 2. The fourth-order valence-electron chi connectivity index (χ4n) is 2.68. The first-order valence-electron chi connectivity index (χ1n) is 7.65. The lowest BCUT2D eigenvalue weighted by Gasteiger charge is -2.32. The Hall–Kier alpha value is -2.55. The number of nitrogens with one attached hydrogen (secondary N) is 1. The van der Waals surface area contributed by atoms with Crippen LogP contribution in [0.5, 0.6) is 0 Å². The van der Waals surface area contributed by atoms with Gasteiger partial charge in [0.1, 0.15) is 5.82 Å².